The van der Waals surface area contributed by atoms with E-state index in [0.29, 0.717) is 29.8 Å². The van der Waals surface area contributed by atoms with Crippen LogP contribution < -0.4 is 5.32 Å². The molecule has 0 radical (unpaired) electrons. The number of hydrogen-bond donors (Lipinski definition) is 1. The summed E-state index contributed by atoms with van der Waals surface area (Å²) in [6.07, 6.45) is 0. The number of nitrogens with one attached hydrogen (secondary N) is 1. The van der Waals surface area contributed by atoms with Gasteiger partial charge < -0.3 is 9.84 Å². The number of nitrogens with zero attached hydrogens (tertiary/aromatic N) is 3. The first kappa shape index (κ1) is 22.7. The Morgan fingerprint density at radius 1 is 1.03 bits per heavy atom. The fourth-order valence-electron chi connectivity index (χ4n) is 3.65. The van der Waals surface area contributed by atoms with Gasteiger partial charge in [0.15, 0.2) is 0 Å². The van der Waals surface area contributed by atoms with Gasteiger partial charge in [-0.05, 0) is 54.4 Å². The van der Waals surface area contributed by atoms with Crippen molar-refractivity contribution in [1.82, 2.24) is 15.0 Å². The number of benzene rings is 3. The SMILES string of the molecule is CC(=O)Nc1cccc([C@H](C)N(Cc2ccccc2)Cc2nc(-c3ccc(Cl)cc3)no2)c1. The van der Waals surface area contributed by atoms with Gasteiger partial charge in [-0.3, -0.25) is 9.69 Å². The van der Waals surface area contributed by atoms with Crippen LogP contribution in [0.25, 0.3) is 11.4 Å². The number of carbonyl (C=O) groups excluding carboxylic acids is 1. The molecule has 0 unspecified atom stereocenters. The van der Waals surface area contributed by atoms with Crippen molar-refractivity contribution in [2.24, 2.45) is 0 Å². The zero-order valence-corrected chi connectivity index (χ0v) is 19.3. The highest BCUT2D eigenvalue weighted by Crippen LogP contribution is 2.27. The lowest BCUT2D eigenvalue weighted by atomic mass is 10.0. The third-order valence-electron chi connectivity index (χ3n) is 5.37. The molecule has 1 amide bonds. The number of rotatable bonds is 8. The first-order valence-electron chi connectivity index (χ1n) is 10.7. The van der Waals surface area contributed by atoms with Crippen LogP contribution in [0.3, 0.4) is 0 Å². The maximum atomic E-state index is 11.5. The van der Waals surface area contributed by atoms with E-state index in [4.69, 9.17) is 16.1 Å². The third kappa shape index (κ3) is 6.06. The van der Waals surface area contributed by atoms with Crippen LogP contribution in [-0.2, 0) is 17.9 Å². The molecule has 0 aliphatic carbocycles. The van der Waals surface area contributed by atoms with E-state index in [9.17, 15) is 4.79 Å². The van der Waals surface area contributed by atoms with Crippen molar-refractivity contribution in [3.63, 3.8) is 0 Å². The van der Waals surface area contributed by atoms with Crippen LogP contribution in [0.2, 0.25) is 5.02 Å². The molecule has 7 heteroatoms. The molecule has 1 atom stereocenters. The van der Waals surface area contributed by atoms with Crippen molar-refractivity contribution in [3.8, 4) is 11.4 Å². The van der Waals surface area contributed by atoms with E-state index in [0.717, 1.165) is 16.8 Å². The lowest BCUT2D eigenvalue weighted by Gasteiger charge is -2.28. The molecular formula is C26H25ClN4O2. The molecule has 3 aromatic carbocycles. The van der Waals surface area contributed by atoms with Gasteiger partial charge in [-0.25, -0.2) is 0 Å². The van der Waals surface area contributed by atoms with Crippen LogP contribution in [0.15, 0.2) is 83.4 Å². The van der Waals surface area contributed by atoms with Crippen molar-refractivity contribution >= 4 is 23.2 Å². The molecule has 6 nitrogen and oxygen atoms in total. The molecule has 0 fully saturated rings. The Labute approximate surface area is 198 Å². The number of aromatic nitrogens is 2. The third-order valence-corrected chi connectivity index (χ3v) is 5.63. The van der Waals surface area contributed by atoms with E-state index in [1.165, 1.54) is 12.5 Å². The van der Waals surface area contributed by atoms with Gasteiger partial charge in [-0.15, -0.1) is 0 Å². The average Bonchev–Trinajstić information content (AvgIpc) is 3.27. The summed E-state index contributed by atoms with van der Waals surface area (Å²) in [6, 6.07) is 25.5. The summed E-state index contributed by atoms with van der Waals surface area (Å²) in [6.45, 7) is 4.81. The molecule has 0 spiro atoms. The lowest BCUT2D eigenvalue weighted by molar-refractivity contribution is -0.114. The molecule has 0 aliphatic rings. The van der Waals surface area contributed by atoms with Crippen LogP contribution in [0.5, 0.6) is 0 Å². The molecule has 0 bridgehead atoms. The molecule has 33 heavy (non-hydrogen) atoms. The number of halogens is 1. The Hall–Kier alpha value is -3.48. The van der Waals surface area contributed by atoms with Crippen molar-refractivity contribution < 1.29 is 9.32 Å². The molecule has 1 aromatic heterocycles. The summed E-state index contributed by atoms with van der Waals surface area (Å²) in [7, 11) is 0. The van der Waals surface area contributed by atoms with Gasteiger partial charge in [0.05, 0.1) is 6.54 Å². The summed E-state index contributed by atoms with van der Waals surface area (Å²) in [5, 5.41) is 7.67. The van der Waals surface area contributed by atoms with Crippen LogP contribution >= 0.6 is 11.6 Å². The largest absolute Gasteiger partial charge is 0.338 e. The predicted molar refractivity (Wildman–Crippen MR) is 130 cm³/mol. The van der Waals surface area contributed by atoms with E-state index < -0.39 is 0 Å². The fraction of sp³-hybridized carbons (Fsp3) is 0.192. The van der Waals surface area contributed by atoms with Crippen LogP contribution in [0, 0.1) is 0 Å². The standard InChI is InChI=1S/C26H25ClN4O2/c1-18(22-9-6-10-24(15-22)28-19(2)32)31(16-20-7-4-3-5-8-20)17-25-29-26(30-33-25)21-11-13-23(27)14-12-21/h3-15,18H,16-17H2,1-2H3,(H,28,32)/t18-/m0/s1. The molecule has 1 N–H and O–H groups in total. The minimum Gasteiger partial charge on any atom is -0.338 e. The monoisotopic (exact) mass is 460 g/mol. The van der Waals surface area contributed by atoms with Gasteiger partial charge in [0.25, 0.3) is 0 Å². The highest BCUT2D eigenvalue weighted by Gasteiger charge is 2.20. The Morgan fingerprint density at radius 2 is 1.79 bits per heavy atom. The summed E-state index contributed by atoms with van der Waals surface area (Å²) in [4.78, 5) is 18.4. The van der Waals surface area contributed by atoms with E-state index in [-0.39, 0.29) is 11.9 Å². The topological polar surface area (TPSA) is 71.3 Å². The second-order valence-corrected chi connectivity index (χ2v) is 8.33. The molecule has 1 heterocycles. The Balaban J connectivity index is 1.59. The van der Waals surface area contributed by atoms with Crippen molar-refractivity contribution in [3.05, 3.63) is 101 Å². The molecular weight excluding hydrogens is 436 g/mol. The minimum atomic E-state index is -0.0958. The number of hydrogen-bond acceptors (Lipinski definition) is 5. The number of anilines is 1. The second-order valence-electron chi connectivity index (χ2n) is 7.89. The number of carbonyl (C=O) groups is 1. The minimum absolute atomic E-state index is 0.0322. The Kier molecular flexibility index (Phi) is 7.17. The van der Waals surface area contributed by atoms with E-state index in [1.807, 2.05) is 48.5 Å². The van der Waals surface area contributed by atoms with Crippen molar-refractivity contribution in [1.29, 1.82) is 0 Å². The highest BCUT2D eigenvalue weighted by atomic mass is 35.5. The zero-order chi connectivity index (χ0) is 23.2. The van der Waals surface area contributed by atoms with Gasteiger partial charge in [0, 0.05) is 35.8 Å². The molecule has 0 aliphatic heterocycles. The van der Waals surface area contributed by atoms with Crippen LogP contribution in [0.4, 0.5) is 5.69 Å². The maximum absolute atomic E-state index is 11.5. The normalized spacial score (nSPS) is 12.0. The first-order valence-corrected chi connectivity index (χ1v) is 11.1. The van der Waals surface area contributed by atoms with Gasteiger partial charge >= 0.3 is 0 Å². The molecule has 168 valence electrons. The maximum Gasteiger partial charge on any atom is 0.241 e. The quantitative estimate of drug-likeness (QED) is 0.343. The molecule has 0 saturated heterocycles. The van der Waals surface area contributed by atoms with Crippen molar-refractivity contribution in [2.45, 2.75) is 33.0 Å². The Morgan fingerprint density at radius 3 is 2.52 bits per heavy atom. The summed E-state index contributed by atoms with van der Waals surface area (Å²) < 4.78 is 5.59. The van der Waals surface area contributed by atoms with Gasteiger partial charge in [-0.2, -0.15) is 4.98 Å². The summed E-state index contributed by atoms with van der Waals surface area (Å²) in [5.41, 5.74) is 3.88. The first-order chi connectivity index (χ1) is 16.0. The molecule has 0 saturated carbocycles. The summed E-state index contributed by atoms with van der Waals surface area (Å²) in [5.74, 6) is 0.962. The highest BCUT2D eigenvalue weighted by molar-refractivity contribution is 6.30. The van der Waals surface area contributed by atoms with E-state index in [2.05, 4.69) is 45.5 Å². The molecule has 4 rings (SSSR count). The predicted octanol–water partition coefficient (Wildman–Crippen LogP) is 6.11. The van der Waals surface area contributed by atoms with Gasteiger partial charge in [-0.1, -0.05) is 59.2 Å². The second kappa shape index (κ2) is 10.4. The lowest BCUT2D eigenvalue weighted by Crippen LogP contribution is -2.26. The van der Waals surface area contributed by atoms with Crippen LogP contribution in [-0.4, -0.2) is 20.9 Å². The van der Waals surface area contributed by atoms with E-state index in [1.54, 1.807) is 12.1 Å². The van der Waals surface area contributed by atoms with Crippen molar-refractivity contribution in [2.75, 3.05) is 5.32 Å². The van der Waals surface area contributed by atoms with Crippen LogP contribution in [0.1, 0.15) is 36.9 Å². The Bertz CT molecular complexity index is 1210. The summed E-state index contributed by atoms with van der Waals surface area (Å²) >= 11 is 5.99. The zero-order valence-electron chi connectivity index (χ0n) is 18.5. The number of amides is 1. The van der Waals surface area contributed by atoms with Gasteiger partial charge in [0.1, 0.15) is 0 Å². The van der Waals surface area contributed by atoms with E-state index >= 15 is 0 Å². The van der Waals surface area contributed by atoms with Gasteiger partial charge in [0.2, 0.25) is 17.6 Å². The fourth-order valence-corrected chi connectivity index (χ4v) is 3.77. The average molecular weight is 461 g/mol. The smallest absolute Gasteiger partial charge is 0.241 e. The molecule has 4 aromatic rings.